The van der Waals surface area contributed by atoms with Gasteiger partial charge >= 0.3 is 5.97 Å². The summed E-state index contributed by atoms with van der Waals surface area (Å²) in [6.07, 6.45) is 0.737. The van der Waals surface area contributed by atoms with Gasteiger partial charge < -0.3 is 19.9 Å². The van der Waals surface area contributed by atoms with Gasteiger partial charge in [0.1, 0.15) is 0 Å². The lowest BCUT2D eigenvalue weighted by Gasteiger charge is -2.08. The molecule has 1 aliphatic heterocycles. The molecule has 1 fully saturated rings. The number of carboxylic acid groups (broad SMARTS) is 1. The smallest absolute Gasteiger partial charge is 0.337 e. The Morgan fingerprint density at radius 3 is 2.71 bits per heavy atom. The lowest BCUT2D eigenvalue weighted by atomic mass is 10.1. The number of para-hydroxylation sites is 1. The minimum Gasteiger partial charge on any atom is -0.478 e. The van der Waals surface area contributed by atoms with Gasteiger partial charge in [0.25, 0.3) is 0 Å². The SMILES string of the molecule is O=C(O)c1ccccc1NC(=O)C1CC1c1ccc2c(c1)OCO2. The molecule has 1 aliphatic carbocycles. The number of rotatable bonds is 4. The first kappa shape index (κ1) is 14.6. The van der Waals surface area contributed by atoms with Crippen molar-refractivity contribution < 1.29 is 24.2 Å². The summed E-state index contributed by atoms with van der Waals surface area (Å²) in [6.45, 7) is 0.222. The summed E-state index contributed by atoms with van der Waals surface area (Å²) in [5.41, 5.74) is 1.45. The standard InChI is InChI=1S/C18H15NO5/c20-17(19-14-4-2-1-3-11(14)18(21)22)13-8-12(13)10-5-6-15-16(7-10)24-9-23-15/h1-7,12-13H,8-9H2,(H,19,20)(H,21,22). The molecule has 24 heavy (non-hydrogen) atoms. The minimum absolute atomic E-state index is 0.0890. The summed E-state index contributed by atoms with van der Waals surface area (Å²) in [4.78, 5) is 23.6. The van der Waals surface area contributed by atoms with E-state index in [1.54, 1.807) is 18.2 Å². The number of benzene rings is 2. The van der Waals surface area contributed by atoms with Crippen LogP contribution in [0.25, 0.3) is 0 Å². The Balaban J connectivity index is 1.47. The number of carbonyl (C=O) groups excluding carboxylic acids is 1. The van der Waals surface area contributed by atoms with Crippen molar-refractivity contribution in [3.05, 3.63) is 53.6 Å². The predicted molar refractivity (Wildman–Crippen MR) is 85.4 cm³/mol. The fourth-order valence-electron chi connectivity index (χ4n) is 3.00. The predicted octanol–water partition coefficient (Wildman–Crippen LogP) is 2.86. The molecule has 6 nitrogen and oxygen atoms in total. The maximum absolute atomic E-state index is 12.4. The highest BCUT2D eigenvalue weighted by Gasteiger charge is 2.44. The van der Waals surface area contributed by atoms with Crippen LogP contribution in [0.2, 0.25) is 0 Å². The van der Waals surface area contributed by atoms with E-state index in [-0.39, 0.29) is 30.1 Å². The van der Waals surface area contributed by atoms with Crippen LogP contribution >= 0.6 is 0 Å². The Kier molecular flexibility index (Phi) is 3.37. The number of hydrogen-bond donors (Lipinski definition) is 2. The lowest BCUT2D eigenvalue weighted by Crippen LogP contribution is -2.17. The first-order valence-electron chi connectivity index (χ1n) is 7.66. The fourth-order valence-corrected chi connectivity index (χ4v) is 3.00. The van der Waals surface area contributed by atoms with Crippen LogP contribution in [0, 0.1) is 5.92 Å². The molecule has 6 heteroatoms. The molecule has 0 saturated heterocycles. The van der Waals surface area contributed by atoms with Crippen LogP contribution in [0.5, 0.6) is 11.5 Å². The first-order chi connectivity index (χ1) is 11.6. The number of carbonyl (C=O) groups is 2. The molecule has 1 saturated carbocycles. The van der Waals surface area contributed by atoms with E-state index in [0.717, 1.165) is 17.7 Å². The molecule has 0 spiro atoms. The van der Waals surface area contributed by atoms with Crippen LogP contribution in [-0.4, -0.2) is 23.8 Å². The summed E-state index contributed by atoms with van der Waals surface area (Å²) < 4.78 is 10.6. The monoisotopic (exact) mass is 325 g/mol. The number of nitrogens with one attached hydrogen (secondary N) is 1. The van der Waals surface area contributed by atoms with Gasteiger partial charge in [0, 0.05) is 5.92 Å². The second kappa shape index (κ2) is 5.56. The normalized spacial score (nSPS) is 20.5. The number of ether oxygens (including phenoxy) is 2. The zero-order valence-electron chi connectivity index (χ0n) is 12.7. The highest BCUT2D eigenvalue weighted by molar-refractivity contribution is 6.02. The Labute approximate surface area is 138 Å². The molecule has 1 amide bonds. The third-order valence-electron chi connectivity index (χ3n) is 4.37. The molecule has 4 rings (SSSR count). The topological polar surface area (TPSA) is 84.9 Å². The molecule has 2 N–H and O–H groups in total. The van der Waals surface area contributed by atoms with Crippen molar-refractivity contribution >= 4 is 17.6 Å². The largest absolute Gasteiger partial charge is 0.478 e. The van der Waals surface area contributed by atoms with E-state index in [2.05, 4.69) is 5.32 Å². The Bertz CT molecular complexity index is 832. The summed E-state index contributed by atoms with van der Waals surface area (Å²) in [5.74, 6) is 0.162. The van der Waals surface area contributed by atoms with Crippen LogP contribution in [0.1, 0.15) is 28.3 Å². The molecule has 2 unspecified atom stereocenters. The van der Waals surface area contributed by atoms with Crippen molar-refractivity contribution in [2.45, 2.75) is 12.3 Å². The third-order valence-corrected chi connectivity index (χ3v) is 4.37. The minimum atomic E-state index is -1.06. The van der Waals surface area contributed by atoms with Crippen molar-refractivity contribution in [3.8, 4) is 11.5 Å². The van der Waals surface area contributed by atoms with E-state index in [9.17, 15) is 14.7 Å². The molecule has 2 aromatic carbocycles. The molecule has 2 atom stereocenters. The quantitative estimate of drug-likeness (QED) is 0.903. The van der Waals surface area contributed by atoms with E-state index in [0.29, 0.717) is 11.4 Å². The number of anilines is 1. The van der Waals surface area contributed by atoms with Crippen molar-refractivity contribution in [2.24, 2.45) is 5.92 Å². The first-order valence-corrected chi connectivity index (χ1v) is 7.66. The van der Waals surface area contributed by atoms with Crippen LogP contribution in [-0.2, 0) is 4.79 Å². The molecular formula is C18H15NO5. The van der Waals surface area contributed by atoms with Gasteiger partial charge in [0.2, 0.25) is 12.7 Å². The maximum atomic E-state index is 12.4. The molecule has 0 radical (unpaired) electrons. The molecule has 2 aliphatic rings. The third kappa shape index (κ3) is 2.56. The van der Waals surface area contributed by atoms with E-state index < -0.39 is 5.97 Å². The van der Waals surface area contributed by atoms with Gasteiger partial charge in [-0.3, -0.25) is 4.79 Å². The average molecular weight is 325 g/mol. The second-order valence-electron chi connectivity index (χ2n) is 5.90. The highest BCUT2D eigenvalue weighted by atomic mass is 16.7. The molecular weight excluding hydrogens is 310 g/mol. The number of fused-ring (bicyclic) bond motifs is 1. The Morgan fingerprint density at radius 1 is 1.08 bits per heavy atom. The summed E-state index contributed by atoms with van der Waals surface area (Å²) >= 11 is 0. The molecule has 122 valence electrons. The number of hydrogen-bond acceptors (Lipinski definition) is 4. The average Bonchev–Trinajstić information content (AvgIpc) is 3.25. The summed E-state index contributed by atoms with van der Waals surface area (Å²) in [6, 6.07) is 12.1. The molecule has 0 bridgehead atoms. The van der Waals surface area contributed by atoms with Crippen LogP contribution in [0.4, 0.5) is 5.69 Å². The lowest BCUT2D eigenvalue weighted by molar-refractivity contribution is -0.117. The number of amides is 1. The zero-order chi connectivity index (χ0) is 16.7. The maximum Gasteiger partial charge on any atom is 0.337 e. The fraction of sp³-hybridized carbons (Fsp3) is 0.222. The second-order valence-corrected chi connectivity index (χ2v) is 5.90. The van der Waals surface area contributed by atoms with Crippen LogP contribution in [0.3, 0.4) is 0 Å². The van der Waals surface area contributed by atoms with E-state index in [1.165, 1.54) is 6.07 Å². The summed E-state index contributed by atoms with van der Waals surface area (Å²) in [7, 11) is 0. The van der Waals surface area contributed by atoms with Crippen molar-refractivity contribution in [1.29, 1.82) is 0 Å². The van der Waals surface area contributed by atoms with E-state index in [1.807, 2.05) is 18.2 Å². The van der Waals surface area contributed by atoms with Gasteiger partial charge in [0.15, 0.2) is 11.5 Å². The van der Waals surface area contributed by atoms with Crippen molar-refractivity contribution in [3.63, 3.8) is 0 Å². The Hall–Kier alpha value is -3.02. The highest BCUT2D eigenvalue weighted by Crippen LogP contribution is 2.50. The zero-order valence-corrected chi connectivity index (χ0v) is 12.7. The van der Waals surface area contributed by atoms with Crippen LogP contribution in [0.15, 0.2) is 42.5 Å². The van der Waals surface area contributed by atoms with E-state index in [4.69, 9.17) is 9.47 Å². The van der Waals surface area contributed by atoms with Gasteiger partial charge in [-0.1, -0.05) is 18.2 Å². The van der Waals surface area contributed by atoms with Gasteiger partial charge in [-0.2, -0.15) is 0 Å². The van der Waals surface area contributed by atoms with Crippen molar-refractivity contribution in [2.75, 3.05) is 12.1 Å². The van der Waals surface area contributed by atoms with Gasteiger partial charge in [-0.05, 0) is 42.2 Å². The number of carboxylic acids is 1. The van der Waals surface area contributed by atoms with Gasteiger partial charge in [-0.15, -0.1) is 0 Å². The van der Waals surface area contributed by atoms with E-state index >= 15 is 0 Å². The molecule has 1 heterocycles. The Morgan fingerprint density at radius 2 is 1.88 bits per heavy atom. The van der Waals surface area contributed by atoms with Gasteiger partial charge in [0.05, 0.1) is 11.3 Å². The molecule has 2 aromatic rings. The summed E-state index contributed by atoms with van der Waals surface area (Å²) in [5, 5.41) is 11.9. The van der Waals surface area contributed by atoms with Crippen LogP contribution < -0.4 is 14.8 Å². The molecule has 0 aromatic heterocycles. The number of aromatic carboxylic acids is 1. The van der Waals surface area contributed by atoms with Crippen molar-refractivity contribution in [1.82, 2.24) is 0 Å². The van der Waals surface area contributed by atoms with Gasteiger partial charge in [-0.25, -0.2) is 4.79 Å².